The fraction of sp³-hybridized carbons (Fsp3) is 0.292. The molecule has 0 bridgehead atoms. The number of anilines is 1. The predicted octanol–water partition coefficient (Wildman–Crippen LogP) is 4.58. The third-order valence-electron chi connectivity index (χ3n) is 5.83. The zero-order valence-electron chi connectivity index (χ0n) is 18.6. The molecule has 0 saturated heterocycles. The number of carboxylic acids is 1. The minimum absolute atomic E-state index is 0.0496. The zero-order valence-corrected chi connectivity index (χ0v) is 18.6. The van der Waals surface area contributed by atoms with E-state index in [1.54, 1.807) is 36.1 Å². The van der Waals surface area contributed by atoms with Crippen LogP contribution in [0.4, 0.5) is 23.4 Å². The van der Waals surface area contributed by atoms with E-state index in [9.17, 15) is 27.2 Å². The van der Waals surface area contributed by atoms with Crippen molar-refractivity contribution in [3.05, 3.63) is 82.0 Å². The monoisotopic (exact) mass is 490 g/mol. The van der Waals surface area contributed by atoms with Crippen molar-refractivity contribution in [1.29, 1.82) is 0 Å². The van der Waals surface area contributed by atoms with Crippen molar-refractivity contribution in [2.45, 2.75) is 38.9 Å². The van der Waals surface area contributed by atoms with Crippen molar-refractivity contribution in [3.8, 4) is 0 Å². The number of aromatic nitrogens is 2. The summed E-state index contributed by atoms with van der Waals surface area (Å²) in [5.74, 6) is -2.01. The number of hydrogen-bond donors (Lipinski definition) is 2. The summed E-state index contributed by atoms with van der Waals surface area (Å²) in [4.78, 5) is 25.8. The molecule has 1 aliphatic heterocycles. The molecule has 0 unspecified atom stereocenters. The fourth-order valence-corrected chi connectivity index (χ4v) is 4.11. The lowest BCUT2D eigenvalue weighted by atomic mass is 10.1. The molecule has 11 heteroatoms. The summed E-state index contributed by atoms with van der Waals surface area (Å²) in [5.41, 5.74) is -0.131. The van der Waals surface area contributed by atoms with Crippen LogP contribution in [0.3, 0.4) is 0 Å². The molecule has 3 aromatic rings. The number of aromatic carboxylic acids is 1. The van der Waals surface area contributed by atoms with Crippen LogP contribution < -0.4 is 10.2 Å². The Morgan fingerprint density at radius 2 is 1.80 bits per heavy atom. The van der Waals surface area contributed by atoms with Crippen molar-refractivity contribution in [3.63, 3.8) is 0 Å². The van der Waals surface area contributed by atoms with Gasteiger partial charge in [0, 0.05) is 13.1 Å². The van der Waals surface area contributed by atoms with Gasteiger partial charge in [-0.2, -0.15) is 18.3 Å². The first-order valence-corrected chi connectivity index (χ1v) is 10.8. The molecule has 7 nitrogen and oxygen atoms in total. The normalized spacial score (nSPS) is 14.0. The topological polar surface area (TPSA) is 87.5 Å². The Balaban J connectivity index is 1.64. The van der Waals surface area contributed by atoms with Gasteiger partial charge in [-0.05, 0) is 35.7 Å². The highest BCUT2D eigenvalue weighted by Gasteiger charge is 2.44. The zero-order chi connectivity index (χ0) is 25.3. The molecule has 0 fully saturated rings. The van der Waals surface area contributed by atoms with Crippen LogP contribution in [-0.2, 0) is 25.9 Å². The summed E-state index contributed by atoms with van der Waals surface area (Å²) in [7, 11) is 0. The minimum atomic E-state index is -4.85. The Labute approximate surface area is 198 Å². The summed E-state index contributed by atoms with van der Waals surface area (Å²) < 4.78 is 55.7. The molecule has 1 amide bonds. The van der Waals surface area contributed by atoms with E-state index in [1.165, 1.54) is 28.9 Å². The van der Waals surface area contributed by atoms with Crippen molar-refractivity contribution in [1.82, 2.24) is 15.1 Å². The molecule has 0 spiro atoms. The second kappa shape index (κ2) is 9.40. The highest BCUT2D eigenvalue weighted by molar-refractivity contribution is 6.01. The first-order valence-electron chi connectivity index (χ1n) is 10.8. The molecule has 2 aromatic carbocycles. The number of halogens is 4. The summed E-state index contributed by atoms with van der Waals surface area (Å²) in [6, 6.07) is 11.7. The maximum Gasteiger partial charge on any atom is 0.436 e. The van der Waals surface area contributed by atoms with E-state index < -0.39 is 42.0 Å². The Morgan fingerprint density at radius 3 is 2.43 bits per heavy atom. The molecular weight excluding hydrogens is 468 g/mol. The molecule has 184 valence electrons. The number of rotatable bonds is 7. The van der Waals surface area contributed by atoms with Crippen LogP contribution in [0.1, 0.15) is 56.1 Å². The molecule has 2 heterocycles. The standard InChI is InChI=1S/C24H22F4N4O3/c1-14(17-5-7-18(8-6-17)23(34)35)29-21(33)19-20(24(26,27)28)30-32-10-9-31(22(19)32)13-16-4-2-3-15(11-16)12-25/h2-8,11,14H,9-10,12-13H2,1H3,(H,29,33)(H,34,35)/t14-/m0/s1. The number of nitrogens with one attached hydrogen (secondary N) is 1. The van der Waals surface area contributed by atoms with Crippen LogP contribution >= 0.6 is 0 Å². The SMILES string of the molecule is C[C@H](NC(=O)c1c(C(F)(F)F)nn2c1N(Cc1cccc(CF)c1)CC2)c1ccc(C(=O)O)cc1. The summed E-state index contributed by atoms with van der Waals surface area (Å²) in [6.45, 7) is 1.62. The molecule has 1 atom stereocenters. The number of hydrogen-bond acceptors (Lipinski definition) is 4. The Morgan fingerprint density at radius 1 is 1.11 bits per heavy atom. The van der Waals surface area contributed by atoms with Crippen LogP contribution in [0.25, 0.3) is 0 Å². The molecule has 2 N–H and O–H groups in total. The van der Waals surface area contributed by atoms with Crippen molar-refractivity contribution in [2.24, 2.45) is 0 Å². The van der Waals surface area contributed by atoms with Crippen molar-refractivity contribution < 1.29 is 32.3 Å². The number of fused-ring (bicyclic) bond motifs is 1. The predicted molar refractivity (Wildman–Crippen MR) is 119 cm³/mol. The summed E-state index contributed by atoms with van der Waals surface area (Å²) in [6.07, 6.45) is -4.85. The average Bonchev–Trinajstić information content (AvgIpc) is 3.39. The lowest BCUT2D eigenvalue weighted by Gasteiger charge is -2.21. The first kappa shape index (κ1) is 24.2. The van der Waals surface area contributed by atoms with Gasteiger partial charge in [0.15, 0.2) is 5.69 Å². The van der Waals surface area contributed by atoms with E-state index in [0.29, 0.717) is 23.2 Å². The quantitative estimate of drug-likeness (QED) is 0.474. The number of nitrogens with zero attached hydrogens (tertiary/aromatic N) is 3. The second-order valence-corrected chi connectivity index (χ2v) is 8.27. The number of benzene rings is 2. The third kappa shape index (κ3) is 4.98. The average molecular weight is 490 g/mol. The van der Waals surface area contributed by atoms with E-state index in [2.05, 4.69) is 10.4 Å². The second-order valence-electron chi connectivity index (χ2n) is 8.27. The van der Waals surface area contributed by atoms with Gasteiger partial charge >= 0.3 is 12.1 Å². The van der Waals surface area contributed by atoms with Gasteiger partial charge < -0.3 is 15.3 Å². The molecular formula is C24H22F4N4O3. The van der Waals surface area contributed by atoms with E-state index in [0.717, 1.165) is 0 Å². The summed E-state index contributed by atoms with van der Waals surface area (Å²) in [5, 5.41) is 15.3. The molecule has 1 aromatic heterocycles. The van der Waals surface area contributed by atoms with Gasteiger partial charge in [0.2, 0.25) is 0 Å². The van der Waals surface area contributed by atoms with Crippen LogP contribution in [0.2, 0.25) is 0 Å². The molecule has 0 saturated carbocycles. The van der Waals surface area contributed by atoms with Crippen LogP contribution in [0.5, 0.6) is 0 Å². The van der Waals surface area contributed by atoms with E-state index in [4.69, 9.17) is 5.11 Å². The number of carbonyl (C=O) groups is 2. The highest BCUT2D eigenvalue weighted by Crippen LogP contribution is 2.38. The van der Waals surface area contributed by atoms with Gasteiger partial charge in [-0.3, -0.25) is 4.79 Å². The lowest BCUT2D eigenvalue weighted by Crippen LogP contribution is -2.31. The number of alkyl halides is 4. The molecule has 1 aliphatic rings. The van der Waals surface area contributed by atoms with Crippen LogP contribution in [0.15, 0.2) is 48.5 Å². The Kier molecular flexibility index (Phi) is 6.51. The lowest BCUT2D eigenvalue weighted by molar-refractivity contribution is -0.141. The fourth-order valence-electron chi connectivity index (χ4n) is 4.11. The van der Waals surface area contributed by atoms with Gasteiger partial charge in [-0.25, -0.2) is 13.9 Å². The Bertz CT molecular complexity index is 1250. The maximum absolute atomic E-state index is 13.8. The maximum atomic E-state index is 13.8. The largest absolute Gasteiger partial charge is 0.478 e. The smallest absolute Gasteiger partial charge is 0.436 e. The Hall–Kier alpha value is -3.89. The minimum Gasteiger partial charge on any atom is -0.478 e. The van der Waals surface area contributed by atoms with Crippen molar-refractivity contribution in [2.75, 3.05) is 11.4 Å². The molecule has 35 heavy (non-hydrogen) atoms. The van der Waals surface area contributed by atoms with E-state index >= 15 is 0 Å². The third-order valence-corrected chi connectivity index (χ3v) is 5.83. The van der Waals surface area contributed by atoms with Gasteiger partial charge in [0.25, 0.3) is 5.91 Å². The van der Waals surface area contributed by atoms with Gasteiger partial charge in [-0.1, -0.05) is 36.4 Å². The van der Waals surface area contributed by atoms with Crippen LogP contribution in [0, 0.1) is 0 Å². The van der Waals surface area contributed by atoms with Gasteiger partial charge in [0.1, 0.15) is 18.1 Å². The molecule has 0 aliphatic carbocycles. The molecule has 0 radical (unpaired) electrons. The van der Waals surface area contributed by atoms with Crippen molar-refractivity contribution >= 4 is 17.7 Å². The summed E-state index contributed by atoms with van der Waals surface area (Å²) >= 11 is 0. The number of carboxylic acid groups (broad SMARTS) is 1. The van der Waals surface area contributed by atoms with Gasteiger partial charge in [-0.15, -0.1) is 0 Å². The van der Waals surface area contributed by atoms with Gasteiger partial charge in [0.05, 0.1) is 18.2 Å². The van der Waals surface area contributed by atoms with E-state index in [1.807, 2.05) is 0 Å². The highest BCUT2D eigenvalue weighted by atomic mass is 19.4. The van der Waals surface area contributed by atoms with Crippen LogP contribution in [-0.4, -0.2) is 33.3 Å². The number of amides is 1. The molecule has 4 rings (SSSR count). The first-order chi connectivity index (χ1) is 16.6. The number of carbonyl (C=O) groups excluding carboxylic acids is 1. The van der Waals surface area contributed by atoms with E-state index in [-0.39, 0.29) is 24.5 Å².